The van der Waals surface area contributed by atoms with Gasteiger partial charge in [0.2, 0.25) is 0 Å². The smallest absolute Gasteiger partial charge is 0.349 e. The molecule has 0 unspecified atom stereocenters. The van der Waals surface area contributed by atoms with Crippen molar-refractivity contribution in [3.05, 3.63) is 64.5 Å². The number of esters is 1. The Kier molecular flexibility index (Phi) is 8.78. The molecule has 0 aliphatic rings. The number of ether oxygens (including phenoxy) is 1. The Labute approximate surface area is 187 Å². The quantitative estimate of drug-likeness (QED) is 0.286. The number of rotatable bonds is 8. The Bertz CT molecular complexity index is 1050. The fraction of sp³-hybridized carbons (Fsp3) is 0.333. The first-order valence-corrected chi connectivity index (χ1v) is 10.3. The minimum absolute atomic E-state index is 0.213. The summed E-state index contributed by atoms with van der Waals surface area (Å²) in [5.41, 5.74) is 7.28. The lowest BCUT2D eigenvalue weighted by atomic mass is 10.1. The van der Waals surface area contributed by atoms with Gasteiger partial charge < -0.3 is 9.30 Å². The number of carbonyl (C=O) groups excluding carboxylic acids is 3. The minimum atomic E-state index is -0.913. The van der Waals surface area contributed by atoms with Crippen LogP contribution in [0.5, 0.6) is 0 Å². The maximum Gasteiger partial charge on any atom is 0.349 e. The van der Waals surface area contributed by atoms with Crippen molar-refractivity contribution in [2.45, 2.75) is 40.7 Å². The van der Waals surface area contributed by atoms with Gasteiger partial charge in [-0.05, 0) is 56.0 Å². The fourth-order valence-electron chi connectivity index (χ4n) is 3.03. The Hall–Kier alpha value is -3.86. The van der Waals surface area contributed by atoms with Crippen molar-refractivity contribution in [1.82, 2.24) is 15.4 Å². The lowest BCUT2D eigenvalue weighted by Gasteiger charge is -2.11. The number of hydrogen-bond acceptors (Lipinski definition) is 5. The second-order valence-electron chi connectivity index (χ2n) is 7.77. The number of hydrogen-bond donors (Lipinski definition) is 2. The van der Waals surface area contributed by atoms with Crippen LogP contribution in [0.15, 0.2) is 42.0 Å². The number of nitriles is 1. The molecule has 0 spiro atoms. The molecule has 0 fully saturated rings. The van der Waals surface area contributed by atoms with E-state index in [1.54, 1.807) is 30.3 Å². The van der Waals surface area contributed by atoms with Gasteiger partial charge in [0.25, 0.3) is 11.8 Å². The highest BCUT2D eigenvalue weighted by molar-refractivity contribution is 5.99. The molecule has 2 N–H and O–H groups in total. The summed E-state index contributed by atoms with van der Waals surface area (Å²) in [6.07, 6.45) is 2.48. The molecule has 8 heteroatoms. The lowest BCUT2D eigenvalue weighted by Crippen LogP contribution is -2.43. The van der Waals surface area contributed by atoms with Crippen LogP contribution in [-0.2, 0) is 20.9 Å². The van der Waals surface area contributed by atoms with E-state index in [0.717, 1.165) is 29.9 Å². The highest BCUT2D eigenvalue weighted by Gasteiger charge is 2.16. The van der Waals surface area contributed by atoms with Crippen LogP contribution in [0.4, 0.5) is 0 Å². The van der Waals surface area contributed by atoms with E-state index in [1.165, 1.54) is 6.08 Å². The average molecular weight is 437 g/mol. The van der Waals surface area contributed by atoms with Crippen molar-refractivity contribution in [2.75, 3.05) is 6.61 Å². The number of nitrogens with one attached hydrogen (secondary N) is 2. The van der Waals surface area contributed by atoms with Crippen molar-refractivity contribution >= 4 is 23.9 Å². The summed E-state index contributed by atoms with van der Waals surface area (Å²) < 4.78 is 7.07. The average Bonchev–Trinajstić information content (AvgIpc) is 3.05. The van der Waals surface area contributed by atoms with Gasteiger partial charge in [0, 0.05) is 23.5 Å². The Morgan fingerprint density at radius 1 is 1.16 bits per heavy atom. The molecule has 0 aliphatic heterocycles. The highest BCUT2D eigenvalue weighted by atomic mass is 16.5. The van der Waals surface area contributed by atoms with Gasteiger partial charge in [0.15, 0.2) is 6.61 Å². The molecular formula is C24H28N4O4. The van der Waals surface area contributed by atoms with Gasteiger partial charge in [-0.2, -0.15) is 5.26 Å². The number of nitrogens with zero attached hydrogens (tertiary/aromatic N) is 2. The van der Waals surface area contributed by atoms with Crippen LogP contribution in [0, 0.1) is 31.1 Å². The van der Waals surface area contributed by atoms with Crippen LogP contribution in [0.3, 0.4) is 0 Å². The van der Waals surface area contributed by atoms with E-state index in [4.69, 9.17) is 4.74 Å². The molecule has 8 nitrogen and oxygen atoms in total. The number of aryl methyl sites for hydroxylation is 1. The largest absolute Gasteiger partial charge is 0.451 e. The molecule has 1 aromatic carbocycles. The third-order valence-electron chi connectivity index (χ3n) is 4.87. The van der Waals surface area contributed by atoms with Crippen LogP contribution in [0.2, 0.25) is 0 Å². The number of aromatic nitrogens is 1. The minimum Gasteiger partial charge on any atom is -0.451 e. The van der Waals surface area contributed by atoms with E-state index in [1.807, 2.05) is 26.0 Å². The van der Waals surface area contributed by atoms with Gasteiger partial charge in [-0.3, -0.25) is 20.4 Å². The molecule has 1 heterocycles. The summed E-state index contributed by atoms with van der Waals surface area (Å²) in [7, 11) is 0. The molecule has 0 saturated heterocycles. The summed E-state index contributed by atoms with van der Waals surface area (Å²) >= 11 is 0. The normalized spacial score (nSPS) is 11.1. The number of hydrazine groups is 1. The zero-order valence-corrected chi connectivity index (χ0v) is 18.8. The molecule has 32 heavy (non-hydrogen) atoms. The Morgan fingerprint density at radius 3 is 2.47 bits per heavy atom. The van der Waals surface area contributed by atoms with Crippen LogP contribution < -0.4 is 10.9 Å². The van der Waals surface area contributed by atoms with E-state index in [-0.39, 0.29) is 5.57 Å². The number of carbonyl (C=O) groups is 3. The predicted octanol–water partition coefficient (Wildman–Crippen LogP) is 3.06. The van der Waals surface area contributed by atoms with Crippen LogP contribution >= 0.6 is 0 Å². The SMILES string of the molecule is Cc1cc(/C=C(\C#N)C(=O)OCC(=O)NNC(=O)c2ccccc2)c(C)n1CCC(C)C. The second kappa shape index (κ2) is 11.5. The first kappa shape index (κ1) is 24.4. The van der Waals surface area contributed by atoms with Crippen molar-refractivity contribution in [2.24, 2.45) is 5.92 Å². The molecule has 0 atom stereocenters. The third kappa shape index (κ3) is 6.84. The highest BCUT2D eigenvalue weighted by Crippen LogP contribution is 2.20. The molecule has 2 amide bonds. The van der Waals surface area contributed by atoms with E-state index >= 15 is 0 Å². The van der Waals surface area contributed by atoms with Gasteiger partial charge in [0.05, 0.1) is 0 Å². The lowest BCUT2D eigenvalue weighted by molar-refractivity contribution is -0.144. The van der Waals surface area contributed by atoms with Gasteiger partial charge in [-0.25, -0.2) is 4.79 Å². The monoisotopic (exact) mass is 436 g/mol. The van der Waals surface area contributed by atoms with Crippen molar-refractivity contribution in [3.8, 4) is 6.07 Å². The van der Waals surface area contributed by atoms with Gasteiger partial charge in [-0.1, -0.05) is 32.0 Å². The fourth-order valence-corrected chi connectivity index (χ4v) is 3.03. The molecule has 168 valence electrons. The van der Waals surface area contributed by atoms with Gasteiger partial charge >= 0.3 is 5.97 Å². The van der Waals surface area contributed by atoms with Crippen LogP contribution in [0.1, 0.15) is 47.6 Å². The summed E-state index contributed by atoms with van der Waals surface area (Å²) in [6, 6.07) is 12.1. The molecule has 2 aromatic rings. The van der Waals surface area contributed by atoms with Crippen molar-refractivity contribution in [1.29, 1.82) is 5.26 Å². The molecule has 0 radical (unpaired) electrons. The summed E-state index contributed by atoms with van der Waals surface area (Å²) in [5, 5.41) is 9.38. The van der Waals surface area contributed by atoms with E-state index in [2.05, 4.69) is 29.3 Å². The molecule has 1 aromatic heterocycles. The molecular weight excluding hydrogens is 408 g/mol. The third-order valence-corrected chi connectivity index (χ3v) is 4.87. The topological polar surface area (TPSA) is 113 Å². The van der Waals surface area contributed by atoms with Crippen LogP contribution in [0.25, 0.3) is 6.08 Å². The molecule has 0 saturated carbocycles. The van der Waals surface area contributed by atoms with E-state index < -0.39 is 24.4 Å². The second-order valence-corrected chi connectivity index (χ2v) is 7.77. The molecule has 0 aliphatic carbocycles. The zero-order valence-electron chi connectivity index (χ0n) is 18.8. The van der Waals surface area contributed by atoms with E-state index in [9.17, 15) is 19.6 Å². The summed E-state index contributed by atoms with van der Waals surface area (Å²) in [6.45, 7) is 8.43. The van der Waals surface area contributed by atoms with Crippen LogP contribution in [-0.4, -0.2) is 29.0 Å². The van der Waals surface area contributed by atoms with Gasteiger partial charge in [-0.15, -0.1) is 0 Å². The first-order chi connectivity index (χ1) is 15.2. The van der Waals surface area contributed by atoms with Crippen molar-refractivity contribution in [3.63, 3.8) is 0 Å². The number of amides is 2. The number of benzene rings is 1. The Morgan fingerprint density at radius 2 is 1.84 bits per heavy atom. The standard InChI is InChI=1S/C24H28N4O4/c1-16(2)10-11-28-17(3)12-20(18(28)4)13-21(14-25)24(31)32-15-22(29)26-27-23(30)19-8-6-5-7-9-19/h5-9,12-13,16H,10-11,15H2,1-4H3,(H,26,29)(H,27,30)/b21-13+. The summed E-state index contributed by atoms with van der Waals surface area (Å²) in [5.74, 6) is -1.59. The maximum atomic E-state index is 12.3. The summed E-state index contributed by atoms with van der Waals surface area (Å²) in [4.78, 5) is 36.0. The molecule has 0 bridgehead atoms. The first-order valence-electron chi connectivity index (χ1n) is 10.3. The Balaban J connectivity index is 1.94. The molecule has 2 rings (SSSR count). The zero-order chi connectivity index (χ0) is 23.7. The maximum absolute atomic E-state index is 12.3. The predicted molar refractivity (Wildman–Crippen MR) is 120 cm³/mol. The van der Waals surface area contributed by atoms with Gasteiger partial charge in [0.1, 0.15) is 11.6 Å². The van der Waals surface area contributed by atoms with Crippen molar-refractivity contribution < 1.29 is 19.1 Å². The van der Waals surface area contributed by atoms with E-state index in [0.29, 0.717) is 11.5 Å².